The van der Waals surface area contributed by atoms with Crippen LogP contribution in [0.15, 0.2) is 4.52 Å². The molecule has 3 saturated heterocycles. The number of piperidine rings is 3. The zero-order chi connectivity index (χ0) is 17.8. The second-order valence-corrected chi connectivity index (χ2v) is 7.51. The first-order valence-corrected chi connectivity index (χ1v) is 9.68. The Hall–Kier alpha value is -1.63. The van der Waals surface area contributed by atoms with Crippen LogP contribution >= 0.6 is 0 Å². The van der Waals surface area contributed by atoms with Crippen LogP contribution in [-0.4, -0.2) is 52.4 Å². The Morgan fingerprint density at radius 1 is 1.32 bits per heavy atom. The predicted molar refractivity (Wildman–Crippen MR) is 94.9 cm³/mol. The van der Waals surface area contributed by atoms with Gasteiger partial charge in [-0.15, -0.1) is 0 Å². The summed E-state index contributed by atoms with van der Waals surface area (Å²) in [4.78, 5) is 19.9. The highest BCUT2D eigenvalue weighted by atomic mass is 16.5. The van der Waals surface area contributed by atoms with Gasteiger partial charge in [-0.1, -0.05) is 26.7 Å². The van der Waals surface area contributed by atoms with E-state index in [-0.39, 0.29) is 11.9 Å². The maximum absolute atomic E-state index is 11.8. The third kappa shape index (κ3) is 4.14. The number of anilines is 1. The predicted octanol–water partition coefficient (Wildman–Crippen LogP) is 3.58. The number of hydrogen-bond donors (Lipinski definition) is 1. The maximum atomic E-state index is 11.8. The summed E-state index contributed by atoms with van der Waals surface area (Å²) in [5.41, 5.74) is 0. The smallest absolute Gasteiger partial charge is 0.414 e. The summed E-state index contributed by atoms with van der Waals surface area (Å²) in [5.74, 6) is 1.99. The van der Waals surface area contributed by atoms with E-state index in [9.17, 15) is 9.90 Å². The molecule has 140 valence electrons. The van der Waals surface area contributed by atoms with E-state index in [1.165, 1.54) is 17.7 Å². The van der Waals surface area contributed by atoms with Gasteiger partial charge in [0.25, 0.3) is 5.95 Å². The highest BCUT2D eigenvalue weighted by molar-refractivity contribution is 5.83. The van der Waals surface area contributed by atoms with E-state index < -0.39 is 6.09 Å². The molecule has 1 amide bonds. The first-order chi connectivity index (χ1) is 12.1. The molecular formula is C18H30N4O3. The van der Waals surface area contributed by atoms with Gasteiger partial charge in [0.1, 0.15) is 0 Å². The maximum Gasteiger partial charge on any atom is 0.414 e. The molecule has 1 aromatic rings. The normalized spacial score (nSPS) is 25.5. The van der Waals surface area contributed by atoms with Crippen molar-refractivity contribution in [3.8, 4) is 0 Å². The van der Waals surface area contributed by atoms with Crippen molar-refractivity contribution in [2.75, 3.05) is 31.1 Å². The summed E-state index contributed by atoms with van der Waals surface area (Å²) < 4.78 is 5.50. The molecule has 2 bridgehead atoms. The Balaban J connectivity index is 1.72. The van der Waals surface area contributed by atoms with Crippen molar-refractivity contribution in [3.63, 3.8) is 0 Å². The van der Waals surface area contributed by atoms with Gasteiger partial charge < -0.3 is 14.5 Å². The minimum absolute atomic E-state index is 0.205. The lowest BCUT2D eigenvalue weighted by Crippen LogP contribution is -2.46. The van der Waals surface area contributed by atoms with E-state index in [0.717, 1.165) is 45.3 Å². The molecule has 0 radical (unpaired) electrons. The van der Waals surface area contributed by atoms with Crippen molar-refractivity contribution < 1.29 is 14.4 Å². The molecule has 3 fully saturated rings. The molecule has 25 heavy (non-hydrogen) atoms. The lowest BCUT2D eigenvalue weighted by Gasteiger charge is -2.43. The molecule has 1 N–H and O–H groups in total. The van der Waals surface area contributed by atoms with Crippen molar-refractivity contribution in [1.82, 2.24) is 15.0 Å². The van der Waals surface area contributed by atoms with Crippen LogP contribution < -0.4 is 4.90 Å². The van der Waals surface area contributed by atoms with E-state index in [1.807, 2.05) is 0 Å². The van der Waals surface area contributed by atoms with Crippen LogP contribution in [0.3, 0.4) is 0 Å². The van der Waals surface area contributed by atoms with Crippen molar-refractivity contribution in [2.45, 2.75) is 58.3 Å². The van der Waals surface area contributed by atoms with E-state index in [1.54, 1.807) is 0 Å². The number of hydrogen-bond acceptors (Lipinski definition) is 5. The van der Waals surface area contributed by atoms with E-state index >= 15 is 0 Å². The number of rotatable bonds is 8. The minimum Gasteiger partial charge on any atom is -0.465 e. The molecule has 7 nitrogen and oxygen atoms in total. The third-order valence-electron chi connectivity index (χ3n) is 5.71. The lowest BCUT2D eigenvalue weighted by molar-refractivity contribution is 0.0727. The zero-order valence-corrected chi connectivity index (χ0v) is 15.4. The number of carboxylic acid groups (broad SMARTS) is 1. The highest BCUT2D eigenvalue weighted by Gasteiger charge is 2.38. The van der Waals surface area contributed by atoms with Crippen LogP contribution in [0.4, 0.5) is 10.7 Å². The van der Waals surface area contributed by atoms with Gasteiger partial charge in [-0.05, 0) is 55.8 Å². The summed E-state index contributed by atoms with van der Waals surface area (Å²) in [7, 11) is 0. The largest absolute Gasteiger partial charge is 0.465 e. The van der Waals surface area contributed by atoms with Gasteiger partial charge in [0.05, 0.1) is 5.92 Å². The SMILES string of the molecule is CCCC(CCC)CN(C(=O)O)c1noc(C2CN3CCC2CC3)n1. The summed E-state index contributed by atoms with van der Waals surface area (Å²) in [6.07, 6.45) is 5.47. The fraction of sp³-hybridized carbons (Fsp3) is 0.833. The van der Waals surface area contributed by atoms with Gasteiger partial charge in [-0.3, -0.25) is 0 Å². The first kappa shape index (κ1) is 18.2. The van der Waals surface area contributed by atoms with Crippen LogP contribution in [0.2, 0.25) is 0 Å². The Labute approximate surface area is 149 Å². The van der Waals surface area contributed by atoms with Crippen LogP contribution in [0.1, 0.15) is 64.2 Å². The van der Waals surface area contributed by atoms with Gasteiger partial charge in [0.15, 0.2) is 0 Å². The van der Waals surface area contributed by atoms with E-state index in [4.69, 9.17) is 4.52 Å². The standard InChI is InChI=1S/C18H30N4O3/c1-3-5-13(6-4-2)11-22(18(23)24)17-19-16(25-20-17)15-12-21-9-7-14(15)8-10-21/h13-15H,3-12H2,1-2H3,(H,23,24). The monoisotopic (exact) mass is 350 g/mol. The summed E-state index contributed by atoms with van der Waals surface area (Å²) >= 11 is 0. The number of fused-ring (bicyclic) bond motifs is 3. The molecule has 1 atom stereocenters. The summed E-state index contributed by atoms with van der Waals surface area (Å²) in [5, 5.41) is 13.6. The quantitative estimate of drug-likeness (QED) is 0.771. The molecule has 3 aliphatic rings. The average molecular weight is 350 g/mol. The molecule has 0 spiro atoms. The van der Waals surface area contributed by atoms with Crippen LogP contribution in [-0.2, 0) is 0 Å². The third-order valence-corrected chi connectivity index (χ3v) is 5.71. The molecule has 4 rings (SSSR count). The van der Waals surface area contributed by atoms with Crippen LogP contribution in [0.25, 0.3) is 0 Å². The van der Waals surface area contributed by atoms with E-state index in [0.29, 0.717) is 24.3 Å². The Kier molecular flexibility index (Phi) is 5.93. The van der Waals surface area contributed by atoms with Gasteiger partial charge >= 0.3 is 6.09 Å². The van der Waals surface area contributed by atoms with Crippen molar-refractivity contribution in [1.29, 1.82) is 0 Å². The molecule has 0 aliphatic carbocycles. The zero-order valence-electron chi connectivity index (χ0n) is 15.4. The number of aromatic nitrogens is 2. The molecule has 4 heterocycles. The number of carbonyl (C=O) groups is 1. The first-order valence-electron chi connectivity index (χ1n) is 9.68. The second kappa shape index (κ2) is 8.17. The molecule has 1 unspecified atom stereocenters. The second-order valence-electron chi connectivity index (χ2n) is 7.51. The fourth-order valence-corrected chi connectivity index (χ4v) is 4.38. The van der Waals surface area contributed by atoms with Gasteiger partial charge in [-0.25, -0.2) is 9.69 Å². The summed E-state index contributed by atoms with van der Waals surface area (Å²) in [6, 6.07) is 0. The van der Waals surface area contributed by atoms with Gasteiger partial charge in [-0.2, -0.15) is 4.98 Å². The topological polar surface area (TPSA) is 82.7 Å². The fourth-order valence-electron chi connectivity index (χ4n) is 4.38. The molecular weight excluding hydrogens is 320 g/mol. The van der Waals surface area contributed by atoms with Crippen molar-refractivity contribution in [2.24, 2.45) is 11.8 Å². The molecule has 0 saturated carbocycles. The average Bonchev–Trinajstić information content (AvgIpc) is 3.10. The van der Waals surface area contributed by atoms with Gasteiger partial charge in [0, 0.05) is 13.1 Å². The molecule has 0 aromatic carbocycles. The molecule has 1 aromatic heterocycles. The van der Waals surface area contributed by atoms with E-state index in [2.05, 4.69) is 28.9 Å². The number of amides is 1. The summed E-state index contributed by atoms with van der Waals surface area (Å²) in [6.45, 7) is 7.96. The van der Waals surface area contributed by atoms with Crippen LogP contribution in [0, 0.1) is 11.8 Å². The minimum atomic E-state index is -1.00. The molecule has 3 aliphatic heterocycles. The lowest BCUT2D eigenvalue weighted by atomic mass is 9.79. The number of nitrogens with zero attached hydrogens (tertiary/aromatic N) is 4. The highest BCUT2D eigenvalue weighted by Crippen LogP contribution is 2.38. The molecule has 7 heteroatoms. The Morgan fingerprint density at radius 3 is 2.52 bits per heavy atom. The van der Waals surface area contributed by atoms with Crippen LogP contribution in [0.5, 0.6) is 0 Å². The Morgan fingerprint density at radius 2 is 2.00 bits per heavy atom. The Bertz CT molecular complexity index is 562. The van der Waals surface area contributed by atoms with Gasteiger partial charge in [0.2, 0.25) is 5.89 Å². The van der Waals surface area contributed by atoms with Crippen molar-refractivity contribution >= 4 is 12.0 Å². The van der Waals surface area contributed by atoms with Crippen molar-refractivity contribution in [3.05, 3.63) is 5.89 Å².